The maximum atomic E-state index is 13.3. The first-order valence-electron chi connectivity index (χ1n) is 10.2. The van der Waals surface area contributed by atoms with Crippen LogP contribution in [0.4, 0.5) is 5.69 Å². The van der Waals surface area contributed by atoms with E-state index < -0.39 is 0 Å². The quantitative estimate of drug-likeness (QED) is 0.306. The number of hydrogen-bond donors (Lipinski definition) is 1. The lowest BCUT2D eigenvalue weighted by Crippen LogP contribution is -2.05. The van der Waals surface area contributed by atoms with E-state index in [2.05, 4.69) is 5.32 Å². The van der Waals surface area contributed by atoms with Crippen LogP contribution in [0.15, 0.2) is 65.1 Å². The van der Waals surface area contributed by atoms with Crippen LogP contribution < -0.4 is 5.32 Å². The summed E-state index contributed by atoms with van der Waals surface area (Å²) in [5.74, 6) is -0.0615. The van der Waals surface area contributed by atoms with Gasteiger partial charge in [0.15, 0.2) is 5.76 Å². The molecule has 0 radical (unpaired) electrons. The van der Waals surface area contributed by atoms with Crippen LogP contribution in [0.5, 0.6) is 0 Å². The Balaban J connectivity index is 1.82. The number of furan rings is 1. The summed E-state index contributed by atoms with van der Waals surface area (Å²) in [6.07, 6.45) is 0. The van der Waals surface area contributed by atoms with Crippen LogP contribution in [0, 0.1) is 0 Å². The number of hydrogen-bond acceptors (Lipinski definition) is 3. The first-order chi connectivity index (χ1) is 15.2. The molecule has 1 amide bonds. The van der Waals surface area contributed by atoms with Gasteiger partial charge in [-0.15, -0.1) is 0 Å². The van der Waals surface area contributed by atoms with Gasteiger partial charge in [0.2, 0.25) is 11.7 Å². The van der Waals surface area contributed by atoms with Gasteiger partial charge in [0, 0.05) is 34.1 Å². The summed E-state index contributed by atoms with van der Waals surface area (Å²) in [6.45, 7) is 5.52. The van der Waals surface area contributed by atoms with Crippen molar-refractivity contribution in [2.24, 2.45) is 0 Å². The van der Waals surface area contributed by atoms with Crippen LogP contribution in [0.25, 0.3) is 22.1 Å². The topological polar surface area (TPSA) is 59.3 Å². The van der Waals surface area contributed by atoms with Crippen molar-refractivity contribution in [1.82, 2.24) is 0 Å². The molecule has 0 unspecified atom stereocenters. The number of carbonyl (C=O) groups is 2. The Kier molecular flexibility index (Phi) is 6.09. The minimum atomic E-state index is -0.277. The Morgan fingerprint density at radius 2 is 1.69 bits per heavy atom. The number of anilines is 1. The van der Waals surface area contributed by atoms with Gasteiger partial charge >= 0.3 is 0 Å². The highest BCUT2D eigenvalue weighted by atomic mass is 35.5. The zero-order valence-corrected chi connectivity index (χ0v) is 19.3. The number of ketones is 1. The fraction of sp³-hybridized carbons (Fsp3) is 0.154. The normalized spacial score (nSPS) is 11.2. The van der Waals surface area contributed by atoms with E-state index in [1.165, 1.54) is 6.92 Å². The van der Waals surface area contributed by atoms with Gasteiger partial charge in [-0.3, -0.25) is 9.59 Å². The zero-order valence-electron chi connectivity index (χ0n) is 17.8. The molecule has 0 bridgehead atoms. The molecule has 4 nitrogen and oxygen atoms in total. The molecule has 1 N–H and O–H groups in total. The van der Waals surface area contributed by atoms with E-state index in [-0.39, 0.29) is 28.4 Å². The molecule has 0 aliphatic rings. The Morgan fingerprint density at radius 1 is 0.938 bits per heavy atom. The van der Waals surface area contributed by atoms with Crippen LogP contribution in [0.1, 0.15) is 48.4 Å². The van der Waals surface area contributed by atoms with Crippen molar-refractivity contribution in [2.45, 2.75) is 26.7 Å². The van der Waals surface area contributed by atoms with Gasteiger partial charge in [-0.05, 0) is 53.4 Å². The van der Waals surface area contributed by atoms with Crippen molar-refractivity contribution in [2.75, 3.05) is 5.32 Å². The maximum Gasteiger partial charge on any atom is 0.230 e. The molecule has 32 heavy (non-hydrogen) atoms. The molecule has 0 aliphatic heterocycles. The van der Waals surface area contributed by atoms with Gasteiger partial charge in [0.05, 0.1) is 5.02 Å². The Labute approximate surface area is 196 Å². The Morgan fingerprint density at radius 3 is 2.38 bits per heavy atom. The van der Waals surface area contributed by atoms with Gasteiger partial charge in [0.1, 0.15) is 5.58 Å². The van der Waals surface area contributed by atoms with E-state index in [1.807, 2.05) is 56.3 Å². The minimum Gasteiger partial charge on any atom is -0.452 e. The monoisotopic (exact) mass is 465 g/mol. The highest BCUT2D eigenvalue weighted by Crippen LogP contribution is 2.37. The smallest absolute Gasteiger partial charge is 0.230 e. The van der Waals surface area contributed by atoms with E-state index in [4.69, 9.17) is 27.6 Å². The molecule has 1 aromatic heterocycles. The van der Waals surface area contributed by atoms with Gasteiger partial charge in [-0.25, -0.2) is 0 Å². The molecule has 0 spiro atoms. The third-order valence-electron chi connectivity index (χ3n) is 5.20. The molecule has 1 heterocycles. The van der Waals surface area contributed by atoms with Crippen LogP contribution in [0.3, 0.4) is 0 Å². The van der Waals surface area contributed by atoms with Gasteiger partial charge < -0.3 is 9.73 Å². The largest absolute Gasteiger partial charge is 0.452 e. The molecule has 4 aromatic rings. The summed E-state index contributed by atoms with van der Waals surface area (Å²) >= 11 is 12.3. The number of halogens is 2. The standard InChI is InChI=1S/C26H21Cl2NO3/c1-14(2)24-21-9-7-17(16-5-4-6-19(11-16)29-15(3)30)12-23(21)32-26(24)25(31)20-10-8-18(27)13-22(20)28/h4-14H,1-3H3,(H,29,30). The lowest BCUT2D eigenvalue weighted by Gasteiger charge is -2.08. The number of benzene rings is 3. The number of fused-ring (bicyclic) bond motifs is 1. The summed E-state index contributed by atoms with van der Waals surface area (Å²) in [4.78, 5) is 24.7. The van der Waals surface area contributed by atoms with Crippen molar-refractivity contribution < 1.29 is 14.0 Å². The average Bonchev–Trinajstić information content (AvgIpc) is 3.12. The molecular formula is C26H21Cl2NO3. The average molecular weight is 466 g/mol. The number of carbonyl (C=O) groups excluding carboxylic acids is 2. The van der Waals surface area contributed by atoms with Crippen LogP contribution >= 0.6 is 23.2 Å². The second-order valence-corrected chi connectivity index (χ2v) is 8.77. The van der Waals surface area contributed by atoms with Crippen LogP contribution in [-0.2, 0) is 4.79 Å². The molecule has 0 aliphatic carbocycles. The number of amides is 1. The zero-order chi connectivity index (χ0) is 23.0. The van der Waals surface area contributed by atoms with E-state index in [0.29, 0.717) is 21.9 Å². The molecule has 0 atom stereocenters. The van der Waals surface area contributed by atoms with E-state index in [0.717, 1.165) is 22.1 Å². The SMILES string of the molecule is CC(=O)Nc1cccc(-c2ccc3c(C(C)C)c(C(=O)c4ccc(Cl)cc4Cl)oc3c2)c1. The van der Waals surface area contributed by atoms with Crippen molar-refractivity contribution in [3.8, 4) is 11.1 Å². The third-order valence-corrected chi connectivity index (χ3v) is 5.75. The lowest BCUT2D eigenvalue weighted by molar-refractivity contribution is -0.114. The van der Waals surface area contributed by atoms with Gasteiger partial charge in [-0.1, -0.05) is 61.3 Å². The predicted octanol–water partition coefficient (Wildman–Crippen LogP) is 7.72. The van der Waals surface area contributed by atoms with Gasteiger partial charge in [0.25, 0.3) is 0 Å². The summed E-state index contributed by atoms with van der Waals surface area (Å²) in [5.41, 5.74) is 4.36. The maximum absolute atomic E-state index is 13.3. The van der Waals surface area contributed by atoms with Gasteiger partial charge in [-0.2, -0.15) is 0 Å². The fourth-order valence-electron chi connectivity index (χ4n) is 3.81. The molecule has 4 rings (SSSR count). The lowest BCUT2D eigenvalue weighted by atomic mass is 9.94. The summed E-state index contributed by atoms with van der Waals surface area (Å²) in [5, 5.41) is 4.43. The Bertz CT molecular complexity index is 1350. The minimum absolute atomic E-state index is 0.0650. The number of nitrogens with one attached hydrogen (secondary N) is 1. The molecule has 0 saturated carbocycles. The summed E-state index contributed by atoms with van der Waals surface area (Å²) in [6, 6.07) is 18.2. The van der Waals surface area contributed by atoms with Crippen molar-refractivity contribution >= 4 is 51.5 Å². The van der Waals surface area contributed by atoms with E-state index >= 15 is 0 Å². The molecule has 162 valence electrons. The Hall–Kier alpha value is -3.08. The first-order valence-corrected chi connectivity index (χ1v) is 10.9. The molecule has 6 heteroatoms. The molecular weight excluding hydrogens is 445 g/mol. The highest BCUT2D eigenvalue weighted by molar-refractivity contribution is 6.37. The fourth-order valence-corrected chi connectivity index (χ4v) is 4.31. The first kappa shape index (κ1) is 22.1. The van der Waals surface area contributed by atoms with Crippen LogP contribution in [0.2, 0.25) is 10.0 Å². The molecule has 0 fully saturated rings. The van der Waals surface area contributed by atoms with Crippen molar-refractivity contribution in [3.05, 3.63) is 87.6 Å². The van der Waals surface area contributed by atoms with E-state index in [9.17, 15) is 9.59 Å². The highest BCUT2D eigenvalue weighted by Gasteiger charge is 2.25. The van der Waals surface area contributed by atoms with E-state index in [1.54, 1.807) is 18.2 Å². The summed E-state index contributed by atoms with van der Waals surface area (Å²) in [7, 11) is 0. The molecule has 0 saturated heterocycles. The van der Waals surface area contributed by atoms with Crippen LogP contribution in [-0.4, -0.2) is 11.7 Å². The third kappa shape index (κ3) is 4.29. The predicted molar refractivity (Wildman–Crippen MR) is 130 cm³/mol. The second-order valence-electron chi connectivity index (χ2n) is 7.93. The second kappa shape index (κ2) is 8.81. The van der Waals surface area contributed by atoms with Crippen molar-refractivity contribution in [3.63, 3.8) is 0 Å². The van der Waals surface area contributed by atoms with Crippen molar-refractivity contribution in [1.29, 1.82) is 0 Å². The summed E-state index contributed by atoms with van der Waals surface area (Å²) < 4.78 is 6.11. The molecule has 3 aromatic carbocycles. The number of rotatable bonds is 5.